The summed E-state index contributed by atoms with van der Waals surface area (Å²) in [6.07, 6.45) is 5.85. The highest BCUT2D eigenvalue weighted by atomic mass is 14.7. The lowest BCUT2D eigenvalue weighted by Crippen LogP contribution is -2.21. The molecule has 0 aromatic rings. The average Bonchev–Trinajstić information content (AvgIpc) is 1.98. The second kappa shape index (κ2) is 5.29. The van der Waals surface area contributed by atoms with Gasteiger partial charge in [0.05, 0.1) is 0 Å². The second-order valence-electron chi connectivity index (χ2n) is 6.13. The van der Waals surface area contributed by atoms with Crippen LogP contribution in [0.5, 0.6) is 0 Å². The van der Waals surface area contributed by atoms with Gasteiger partial charge in [-0.25, -0.2) is 0 Å². The van der Waals surface area contributed by atoms with Crippen LogP contribution in [-0.4, -0.2) is 6.72 Å². The Balaban J connectivity index is 4.55. The minimum absolute atomic E-state index is 0.258. The van der Waals surface area contributed by atoms with Crippen molar-refractivity contribution in [2.75, 3.05) is 0 Å². The standard InChI is InChI=1S/C14H25N/c1-8-9-12(15-7)10-14(5,6)11-13(2,3)4/h8-9H,1,7,10-11H2,2-6H3/b12-9-. The van der Waals surface area contributed by atoms with Crippen molar-refractivity contribution >= 4 is 6.72 Å². The van der Waals surface area contributed by atoms with Gasteiger partial charge in [0.1, 0.15) is 0 Å². The van der Waals surface area contributed by atoms with E-state index in [0.717, 1.165) is 12.1 Å². The third-order valence-electron chi connectivity index (χ3n) is 2.18. The van der Waals surface area contributed by atoms with Crippen LogP contribution in [-0.2, 0) is 0 Å². The fourth-order valence-electron chi connectivity index (χ4n) is 2.29. The monoisotopic (exact) mass is 207 g/mol. The van der Waals surface area contributed by atoms with Crippen LogP contribution < -0.4 is 0 Å². The summed E-state index contributed by atoms with van der Waals surface area (Å²) < 4.78 is 0. The number of hydrogen-bond donors (Lipinski definition) is 0. The molecule has 0 amide bonds. The maximum absolute atomic E-state index is 4.03. The number of hydrogen-bond acceptors (Lipinski definition) is 1. The highest BCUT2D eigenvalue weighted by Gasteiger charge is 2.26. The molecule has 0 bridgehead atoms. The molecule has 0 aliphatic carbocycles. The largest absolute Gasteiger partial charge is 0.269 e. The summed E-state index contributed by atoms with van der Waals surface area (Å²) in [6.45, 7) is 18.7. The Morgan fingerprint density at radius 3 is 2.07 bits per heavy atom. The van der Waals surface area contributed by atoms with Crippen LogP contribution in [0.4, 0.5) is 0 Å². The van der Waals surface area contributed by atoms with E-state index in [-0.39, 0.29) is 5.41 Å². The fourth-order valence-corrected chi connectivity index (χ4v) is 2.29. The molecule has 0 unspecified atom stereocenters. The lowest BCUT2D eigenvalue weighted by molar-refractivity contribution is 0.211. The van der Waals surface area contributed by atoms with Gasteiger partial charge in [0.25, 0.3) is 0 Å². The molecule has 0 aromatic heterocycles. The predicted molar refractivity (Wildman–Crippen MR) is 70.3 cm³/mol. The van der Waals surface area contributed by atoms with Crippen molar-refractivity contribution < 1.29 is 0 Å². The van der Waals surface area contributed by atoms with Crippen molar-refractivity contribution in [3.8, 4) is 0 Å². The van der Waals surface area contributed by atoms with Crippen LogP contribution in [0.3, 0.4) is 0 Å². The summed E-state index contributed by atoms with van der Waals surface area (Å²) in [5.41, 5.74) is 1.64. The summed E-state index contributed by atoms with van der Waals surface area (Å²) in [4.78, 5) is 4.03. The normalized spacial score (nSPS) is 13.8. The van der Waals surface area contributed by atoms with E-state index in [2.05, 4.69) is 52.9 Å². The number of allylic oxidation sites excluding steroid dienone is 3. The van der Waals surface area contributed by atoms with E-state index in [1.54, 1.807) is 6.08 Å². The van der Waals surface area contributed by atoms with Crippen molar-refractivity contribution in [1.29, 1.82) is 0 Å². The Hall–Kier alpha value is -0.850. The molecule has 1 heteroatoms. The van der Waals surface area contributed by atoms with Crippen LogP contribution in [0.2, 0.25) is 0 Å². The zero-order chi connectivity index (χ0) is 12.1. The van der Waals surface area contributed by atoms with E-state index in [9.17, 15) is 0 Å². The van der Waals surface area contributed by atoms with Gasteiger partial charge in [0.15, 0.2) is 0 Å². The summed E-state index contributed by atoms with van der Waals surface area (Å²) in [5, 5.41) is 0. The molecule has 0 fully saturated rings. The first-order chi connectivity index (χ1) is 6.70. The highest BCUT2D eigenvalue weighted by Crippen LogP contribution is 2.37. The minimum atomic E-state index is 0.258. The van der Waals surface area contributed by atoms with Gasteiger partial charge in [-0.1, -0.05) is 47.3 Å². The van der Waals surface area contributed by atoms with Gasteiger partial charge in [-0.3, -0.25) is 4.99 Å². The molecule has 0 N–H and O–H groups in total. The molecular formula is C14H25N. The molecule has 0 spiro atoms. The number of aliphatic imine (C=N–C) groups is 1. The lowest BCUT2D eigenvalue weighted by atomic mass is 9.74. The topological polar surface area (TPSA) is 12.4 Å². The van der Waals surface area contributed by atoms with Gasteiger partial charge in [-0.2, -0.15) is 0 Å². The first kappa shape index (κ1) is 14.2. The summed E-state index contributed by atoms with van der Waals surface area (Å²) in [6, 6.07) is 0. The Bertz CT molecular complexity index is 251. The molecule has 0 atom stereocenters. The molecule has 86 valence electrons. The predicted octanol–water partition coefficient (Wildman–Crippen LogP) is 4.61. The Labute approximate surface area is 95.0 Å². The van der Waals surface area contributed by atoms with E-state index in [4.69, 9.17) is 0 Å². The van der Waals surface area contributed by atoms with Crippen molar-refractivity contribution in [1.82, 2.24) is 0 Å². The van der Waals surface area contributed by atoms with E-state index >= 15 is 0 Å². The Kier molecular flexibility index (Phi) is 4.99. The van der Waals surface area contributed by atoms with Gasteiger partial charge in [0.2, 0.25) is 0 Å². The lowest BCUT2D eigenvalue weighted by Gasteiger charge is -2.32. The molecular weight excluding hydrogens is 182 g/mol. The first-order valence-corrected chi connectivity index (χ1v) is 5.48. The van der Waals surface area contributed by atoms with Gasteiger partial charge in [-0.05, 0) is 36.5 Å². The maximum atomic E-state index is 4.03. The van der Waals surface area contributed by atoms with Gasteiger partial charge in [0, 0.05) is 5.70 Å². The van der Waals surface area contributed by atoms with E-state index in [1.165, 1.54) is 6.42 Å². The van der Waals surface area contributed by atoms with Crippen molar-refractivity contribution in [2.24, 2.45) is 15.8 Å². The van der Waals surface area contributed by atoms with Crippen molar-refractivity contribution in [2.45, 2.75) is 47.5 Å². The second-order valence-corrected chi connectivity index (χ2v) is 6.13. The number of nitrogens with zero attached hydrogens (tertiary/aromatic N) is 1. The molecule has 1 nitrogen and oxygen atoms in total. The summed E-state index contributed by atoms with van der Waals surface area (Å²) >= 11 is 0. The quantitative estimate of drug-likeness (QED) is 0.461. The Morgan fingerprint density at radius 1 is 1.20 bits per heavy atom. The van der Waals surface area contributed by atoms with Crippen LogP contribution >= 0.6 is 0 Å². The molecule has 0 heterocycles. The summed E-state index contributed by atoms with van der Waals surface area (Å²) in [7, 11) is 0. The third kappa shape index (κ3) is 7.12. The molecule has 15 heavy (non-hydrogen) atoms. The molecule has 0 aliphatic heterocycles. The van der Waals surface area contributed by atoms with Crippen LogP contribution in [0.1, 0.15) is 47.5 Å². The van der Waals surface area contributed by atoms with Gasteiger partial charge in [-0.15, -0.1) is 0 Å². The van der Waals surface area contributed by atoms with Crippen molar-refractivity contribution in [3.05, 3.63) is 24.4 Å². The fraction of sp³-hybridized carbons (Fsp3) is 0.643. The zero-order valence-corrected chi connectivity index (χ0v) is 10.9. The highest BCUT2D eigenvalue weighted by molar-refractivity contribution is 5.30. The van der Waals surface area contributed by atoms with Crippen molar-refractivity contribution in [3.63, 3.8) is 0 Å². The minimum Gasteiger partial charge on any atom is -0.269 e. The van der Waals surface area contributed by atoms with E-state index in [0.29, 0.717) is 5.41 Å². The van der Waals surface area contributed by atoms with Gasteiger partial charge < -0.3 is 0 Å². The SMILES string of the molecule is C=C/C=C(/CC(C)(C)CC(C)(C)C)N=C. The summed E-state index contributed by atoms with van der Waals surface area (Å²) in [5.74, 6) is 0. The zero-order valence-electron chi connectivity index (χ0n) is 10.9. The van der Waals surface area contributed by atoms with Crippen LogP contribution in [0, 0.1) is 10.8 Å². The first-order valence-electron chi connectivity index (χ1n) is 5.48. The third-order valence-corrected chi connectivity index (χ3v) is 2.18. The van der Waals surface area contributed by atoms with Crippen LogP contribution in [0.15, 0.2) is 29.4 Å². The maximum Gasteiger partial charge on any atom is 0.0401 e. The van der Waals surface area contributed by atoms with E-state index < -0.39 is 0 Å². The molecule has 0 radical (unpaired) electrons. The molecule has 0 rings (SSSR count). The molecule has 0 aromatic carbocycles. The van der Waals surface area contributed by atoms with Crippen LogP contribution in [0.25, 0.3) is 0 Å². The average molecular weight is 207 g/mol. The molecule has 0 saturated carbocycles. The van der Waals surface area contributed by atoms with Gasteiger partial charge >= 0.3 is 0 Å². The molecule has 0 saturated heterocycles. The Morgan fingerprint density at radius 2 is 1.73 bits per heavy atom. The number of rotatable bonds is 5. The van der Waals surface area contributed by atoms with E-state index in [1.807, 2.05) is 6.08 Å². The molecule has 0 aliphatic rings. The smallest absolute Gasteiger partial charge is 0.0401 e.